The number of hydrogen-bond donors (Lipinski definition) is 11. The molecule has 1 aliphatic heterocycles. The number of hydrogen-bond acceptors (Lipinski definition) is 17. The van der Waals surface area contributed by atoms with E-state index < -0.39 is 79.7 Å². The van der Waals surface area contributed by atoms with Crippen molar-refractivity contribution in [1.82, 2.24) is 25.7 Å². The minimum absolute atomic E-state index is 0.108. The van der Waals surface area contributed by atoms with E-state index in [1.54, 1.807) is 44.2 Å². The molecule has 0 radical (unpaired) electrons. The van der Waals surface area contributed by atoms with Crippen LogP contribution in [0, 0.1) is 0 Å². The van der Waals surface area contributed by atoms with Crippen molar-refractivity contribution in [3.63, 3.8) is 0 Å². The lowest BCUT2D eigenvalue weighted by molar-refractivity contribution is -0.121. The highest BCUT2D eigenvalue weighted by Gasteiger charge is 2.40. The van der Waals surface area contributed by atoms with Gasteiger partial charge in [0.25, 0.3) is 0 Å². The van der Waals surface area contributed by atoms with Crippen molar-refractivity contribution in [2.24, 2.45) is 0 Å². The number of allylic oxidation sites excluding steroid dienone is 4. The Morgan fingerprint density at radius 2 is 1.05 bits per heavy atom. The van der Waals surface area contributed by atoms with Crippen LogP contribution in [0.4, 0.5) is 0 Å². The molecule has 240 valence electrons. The molecule has 17 nitrogen and oxygen atoms in total. The summed E-state index contributed by atoms with van der Waals surface area (Å²) in [6, 6.07) is 8.93. The summed E-state index contributed by atoms with van der Waals surface area (Å²) in [5.41, 5.74) is 2.53. The van der Waals surface area contributed by atoms with E-state index in [9.17, 15) is 40.9 Å². The van der Waals surface area contributed by atoms with Crippen molar-refractivity contribution in [2.45, 2.75) is 68.6 Å². The summed E-state index contributed by atoms with van der Waals surface area (Å²) in [5, 5.41) is 118. The molecule has 0 spiro atoms. The molecule has 0 saturated heterocycles. The molecular weight excluding hydrogens is 586 g/mol. The first kappa shape index (κ1) is 33.3. The molecular formula is C27H35N5O12. The van der Waals surface area contributed by atoms with E-state index in [0.717, 1.165) is 0 Å². The third-order valence-electron chi connectivity index (χ3n) is 7.25. The zero-order chi connectivity index (χ0) is 32.3. The number of aromatic nitrogens is 4. The molecule has 3 heterocycles. The molecule has 3 aromatic rings. The van der Waals surface area contributed by atoms with Gasteiger partial charge in [0.05, 0.1) is 13.2 Å². The Morgan fingerprint density at radius 1 is 0.636 bits per heavy atom. The summed E-state index contributed by atoms with van der Waals surface area (Å²) >= 11 is 0. The fourth-order valence-corrected chi connectivity index (χ4v) is 4.80. The Bertz CT molecular complexity index is 1370. The maximum absolute atomic E-state index is 10.6. The minimum Gasteiger partial charge on any atom is -0.418 e. The monoisotopic (exact) mass is 621 g/mol. The highest BCUT2D eigenvalue weighted by molar-refractivity contribution is 5.88. The van der Waals surface area contributed by atoms with Gasteiger partial charge in [0.2, 0.25) is 23.6 Å². The number of nitrogens with one attached hydrogen (secondary N) is 1. The number of aliphatic hydroxyl groups excluding tert-OH is 10. The van der Waals surface area contributed by atoms with Gasteiger partial charge in [-0.3, -0.25) is 0 Å². The summed E-state index contributed by atoms with van der Waals surface area (Å²) in [7, 11) is 0. The first-order chi connectivity index (χ1) is 20.9. The zero-order valence-electron chi connectivity index (χ0n) is 23.6. The first-order valence-corrected chi connectivity index (χ1v) is 13.5. The van der Waals surface area contributed by atoms with Gasteiger partial charge in [0, 0.05) is 28.5 Å². The van der Waals surface area contributed by atoms with E-state index in [-0.39, 0.29) is 11.8 Å². The van der Waals surface area contributed by atoms with Crippen molar-refractivity contribution in [3.8, 4) is 0 Å². The fraction of sp³-hybridized carbons (Fsp3) is 0.481. The van der Waals surface area contributed by atoms with Gasteiger partial charge in [-0.05, 0) is 19.4 Å². The Hall–Kier alpha value is -3.62. The van der Waals surface area contributed by atoms with Crippen LogP contribution < -0.4 is 5.32 Å². The lowest BCUT2D eigenvalue weighted by Crippen LogP contribution is -2.42. The number of rotatable bonds is 13. The Balaban J connectivity index is 1.73. The average molecular weight is 622 g/mol. The van der Waals surface area contributed by atoms with E-state index in [0.29, 0.717) is 28.1 Å². The quantitative estimate of drug-likeness (QED) is 0.0919. The number of aliphatic hydroxyl groups is 10. The van der Waals surface area contributed by atoms with Gasteiger partial charge in [0.1, 0.15) is 36.6 Å². The van der Waals surface area contributed by atoms with Crippen LogP contribution in [0.5, 0.6) is 0 Å². The van der Waals surface area contributed by atoms with Crippen LogP contribution in [0.25, 0.3) is 11.1 Å². The van der Waals surface area contributed by atoms with E-state index in [4.69, 9.17) is 19.0 Å². The van der Waals surface area contributed by atoms with E-state index in [1.807, 2.05) is 0 Å². The molecule has 8 atom stereocenters. The van der Waals surface area contributed by atoms with Gasteiger partial charge < -0.3 is 65.2 Å². The van der Waals surface area contributed by atoms with Crippen LogP contribution >= 0.6 is 0 Å². The van der Waals surface area contributed by atoms with Crippen LogP contribution in [0.1, 0.15) is 61.1 Å². The van der Waals surface area contributed by atoms with Crippen molar-refractivity contribution in [1.29, 1.82) is 0 Å². The van der Waals surface area contributed by atoms with Gasteiger partial charge in [0.15, 0.2) is 12.2 Å². The summed E-state index contributed by atoms with van der Waals surface area (Å²) in [5.74, 6) is -1.94. The standard InChI is InChI=1S/C27H35N5O12/c1-10-15(24-29-31-26(43-24)22(41)20(39)18(37)13(35)8-33)17(12-6-4-3-5-7-12)16(11(2)28-10)25-30-32-27(44-25)23(42)21(40)19(38)14(36)9-34/h3-7,13-14,17-23,28,33-42H,8-9H2,1-2H3/t13-,14-,18-,19-,20+,21+,22-,23-/m1/s1. The molecule has 4 rings (SSSR count). The van der Waals surface area contributed by atoms with Crippen molar-refractivity contribution in [3.05, 3.63) is 70.9 Å². The second-order valence-corrected chi connectivity index (χ2v) is 10.3. The van der Waals surface area contributed by atoms with E-state index in [2.05, 4.69) is 25.7 Å². The second kappa shape index (κ2) is 14.0. The molecule has 0 amide bonds. The number of benzene rings is 1. The van der Waals surface area contributed by atoms with Gasteiger partial charge in [-0.2, -0.15) is 0 Å². The smallest absolute Gasteiger partial charge is 0.248 e. The SMILES string of the molecule is CC1=C(c2nnc([C@H](O)[C@@H](O)[C@H](O)[C@H](O)CO)o2)C(c2ccccc2)C(c2nnc([C@H](O)[C@@H](O)[C@H](O)[C@H](O)CO)o2)=C(C)N1. The summed E-state index contributed by atoms with van der Waals surface area (Å²) in [4.78, 5) is 0. The molecule has 44 heavy (non-hydrogen) atoms. The minimum atomic E-state index is -1.98. The zero-order valence-corrected chi connectivity index (χ0v) is 23.6. The predicted molar refractivity (Wildman–Crippen MR) is 146 cm³/mol. The topological polar surface area (TPSA) is 292 Å². The molecule has 2 aromatic heterocycles. The molecule has 17 heteroatoms. The summed E-state index contributed by atoms with van der Waals surface area (Å²) in [6.45, 7) is 1.69. The molecule has 0 saturated carbocycles. The molecule has 1 aliphatic rings. The lowest BCUT2D eigenvalue weighted by Gasteiger charge is -2.29. The van der Waals surface area contributed by atoms with Crippen LogP contribution in [-0.4, -0.2) is 121 Å². The van der Waals surface area contributed by atoms with Gasteiger partial charge >= 0.3 is 0 Å². The van der Waals surface area contributed by atoms with Gasteiger partial charge in [-0.25, -0.2) is 0 Å². The van der Waals surface area contributed by atoms with Gasteiger partial charge in [-0.15, -0.1) is 20.4 Å². The van der Waals surface area contributed by atoms with Crippen molar-refractivity contribution in [2.75, 3.05) is 13.2 Å². The third-order valence-corrected chi connectivity index (χ3v) is 7.25. The summed E-state index contributed by atoms with van der Waals surface area (Å²) < 4.78 is 11.5. The van der Waals surface area contributed by atoms with Crippen molar-refractivity contribution < 1.29 is 59.9 Å². The Labute approximate surface area is 249 Å². The number of dihydropyridines is 1. The highest BCUT2D eigenvalue weighted by atomic mass is 16.4. The van der Waals surface area contributed by atoms with E-state index >= 15 is 0 Å². The molecule has 1 aromatic carbocycles. The molecule has 0 fully saturated rings. The average Bonchev–Trinajstić information content (AvgIpc) is 3.72. The van der Waals surface area contributed by atoms with Crippen LogP contribution in [-0.2, 0) is 0 Å². The lowest BCUT2D eigenvalue weighted by atomic mass is 9.80. The normalized spacial score (nSPS) is 20.1. The summed E-state index contributed by atoms with van der Waals surface area (Å²) in [6.07, 6.45) is -15.2. The number of nitrogens with zero attached hydrogens (tertiary/aromatic N) is 4. The molecule has 11 N–H and O–H groups in total. The molecule has 0 unspecified atom stereocenters. The molecule has 0 aliphatic carbocycles. The largest absolute Gasteiger partial charge is 0.418 e. The third kappa shape index (κ3) is 6.57. The Kier molecular flexibility index (Phi) is 10.6. The van der Waals surface area contributed by atoms with E-state index in [1.165, 1.54) is 0 Å². The van der Waals surface area contributed by atoms with Gasteiger partial charge in [-0.1, -0.05) is 30.3 Å². The fourth-order valence-electron chi connectivity index (χ4n) is 4.80. The highest BCUT2D eigenvalue weighted by Crippen LogP contribution is 2.47. The van der Waals surface area contributed by atoms with Crippen LogP contribution in [0.15, 0.2) is 50.6 Å². The van der Waals surface area contributed by atoms with Crippen LogP contribution in [0.3, 0.4) is 0 Å². The van der Waals surface area contributed by atoms with Crippen molar-refractivity contribution >= 4 is 11.1 Å². The first-order valence-electron chi connectivity index (χ1n) is 13.5. The second-order valence-electron chi connectivity index (χ2n) is 10.3. The maximum atomic E-state index is 10.6. The molecule has 0 bridgehead atoms. The van der Waals surface area contributed by atoms with Crippen LogP contribution in [0.2, 0.25) is 0 Å². The predicted octanol–water partition coefficient (Wildman–Crippen LogP) is -2.78. The Morgan fingerprint density at radius 3 is 1.43 bits per heavy atom. The maximum Gasteiger partial charge on any atom is 0.248 e.